The third-order valence-corrected chi connectivity index (χ3v) is 2.10. The van der Waals surface area contributed by atoms with Gasteiger partial charge in [-0.3, -0.25) is 4.90 Å². The Morgan fingerprint density at radius 2 is 2.25 bits per heavy atom. The van der Waals surface area contributed by atoms with Crippen LogP contribution in [-0.2, 0) is 4.74 Å². The van der Waals surface area contributed by atoms with E-state index in [1.54, 1.807) is 16.7 Å². The van der Waals surface area contributed by atoms with Crippen molar-refractivity contribution in [3.05, 3.63) is 5.88 Å². The third-order valence-electron chi connectivity index (χ3n) is 1.28. The zero-order valence-electron chi connectivity index (χ0n) is 7.66. The quantitative estimate of drug-likeness (QED) is 0.583. The zero-order chi connectivity index (χ0) is 9.19. The van der Waals surface area contributed by atoms with Crippen LogP contribution < -0.4 is 0 Å². The summed E-state index contributed by atoms with van der Waals surface area (Å²) in [5, 5.41) is 0. The van der Waals surface area contributed by atoms with Crippen LogP contribution in [0.4, 0.5) is 4.79 Å². The van der Waals surface area contributed by atoms with E-state index < -0.39 is 5.60 Å². The molecule has 0 N–H and O–H groups in total. The van der Waals surface area contributed by atoms with Crippen molar-refractivity contribution < 1.29 is 9.53 Å². The fourth-order valence-electron chi connectivity index (χ4n) is 0.801. The number of hydrogen-bond acceptors (Lipinski definition) is 3. The molecule has 1 fully saturated rings. The molecule has 0 aliphatic carbocycles. The first-order valence-electron chi connectivity index (χ1n) is 3.93. The van der Waals surface area contributed by atoms with Crippen LogP contribution in [0.3, 0.4) is 0 Å². The second kappa shape index (κ2) is 3.56. The minimum Gasteiger partial charge on any atom is -0.444 e. The van der Waals surface area contributed by atoms with Gasteiger partial charge in [0.1, 0.15) is 11.5 Å². The van der Waals surface area contributed by atoms with Gasteiger partial charge in [0.2, 0.25) is 0 Å². The molecule has 1 rings (SSSR count). The molecule has 0 aromatic rings. The van der Waals surface area contributed by atoms with Gasteiger partial charge < -0.3 is 4.74 Å². The van der Waals surface area contributed by atoms with Crippen molar-refractivity contribution in [1.82, 2.24) is 4.90 Å². The molecule has 4 heteroatoms. The highest BCUT2D eigenvalue weighted by molar-refractivity contribution is 8.01. The number of carbonyl (C=O) groups is 1. The third kappa shape index (κ3) is 2.93. The zero-order valence-corrected chi connectivity index (χ0v) is 8.48. The molecule has 0 atom stereocenters. The molecule has 1 saturated heterocycles. The second-order valence-electron chi connectivity index (χ2n) is 3.65. The predicted octanol–water partition coefficient (Wildman–Crippen LogP) is 2.09. The van der Waals surface area contributed by atoms with Crippen LogP contribution in [0.1, 0.15) is 20.8 Å². The van der Waals surface area contributed by atoms with Gasteiger partial charge >= 0.3 is 6.09 Å². The molecule has 0 aromatic carbocycles. The van der Waals surface area contributed by atoms with E-state index in [1.807, 2.05) is 26.6 Å². The van der Waals surface area contributed by atoms with Crippen LogP contribution in [0.15, 0.2) is 0 Å². The molecule has 0 unspecified atom stereocenters. The summed E-state index contributed by atoms with van der Waals surface area (Å²) in [6.07, 6.45) is -0.243. The number of nitrogens with zero attached hydrogens (tertiary/aromatic N) is 1. The molecule has 1 heterocycles. The van der Waals surface area contributed by atoms with E-state index >= 15 is 0 Å². The Labute approximate surface area is 77.4 Å². The molecular weight excluding hydrogens is 174 g/mol. The lowest BCUT2D eigenvalue weighted by atomic mass is 10.2. The molecule has 0 aromatic heterocycles. The SMILES string of the molecule is CC(C)(C)OC(=O)N1[CH]SCC1. The minimum absolute atomic E-state index is 0.243. The van der Waals surface area contributed by atoms with Crippen molar-refractivity contribution in [2.45, 2.75) is 26.4 Å². The lowest BCUT2D eigenvalue weighted by Crippen LogP contribution is -2.33. The average Bonchev–Trinajstić information content (AvgIpc) is 2.32. The van der Waals surface area contributed by atoms with Crippen molar-refractivity contribution in [1.29, 1.82) is 0 Å². The fraction of sp³-hybridized carbons (Fsp3) is 0.750. The molecule has 12 heavy (non-hydrogen) atoms. The van der Waals surface area contributed by atoms with Crippen LogP contribution >= 0.6 is 11.8 Å². The summed E-state index contributed by atoms with van der Waals surface area (Å²) in [5.74, 6) is 2.79. The first kappa shape index (κ1) is 9.71. The Balaban J connectivity index is 2.37. The van der Waals surface area contributed by atoms with Crippen molar-refractivity contribution in [3.63, 3.8) is 0 Å². The van der Waals surface area contributed by atoms with Crippen molar-refractivity contribution in [3.8, 4) is 0 Å². The van der Waals surface area contributed by atoms with Gasteiger partial charge in [-0.05, 0) is 20.8 Å². The van der Waals surface area contributed by atoms with Crippen LogP contribution in [0.25, 0.3) is 0 Å². The van der Waals surface area contributed by atoms with E-state index in [0.29, 0.717) is 0 Å². The molecule has 3 nitrogen and oxygen atoms in total. The van der Waals surface area contributed by atoms with E-state index in [4.69, 9.17) is 4.74 Å². The number of ether oxygens (including phenoxy) is 1. The van der Waals surface area contributed by atoms with Crippen molar-refractivity contribution in [2.24, 2.45) is 0 Å². The molecule has 1 radical (unpaired) electrons. The Bertz CT molecular complexity index is 170. The van der Waals surface area contributed by atoms with Gasteiger partial charge in [0.05, 0.1) is 0 Å². The maximum absolute atomic E-state index is 11.3. The van der Waals surface area contributed by atoms with Crippen molar-refractivity contribution in [2.75, 3.05) is 12.3 Å². The van der Waals surface area contributed by atoms with Gasteiger partial charge in [0, 0.05) is 12.3 Å². The fourth-order valence-corrected chi connectivity index (χ4v) is 1.58. The number of amides is 1. The van der Waals surface area contributed by atoms with E-state index in [1.165, 1.54) is 0 Å². The Morgan fingerprint density at radius 3 is 2.67 bits per heavy atom. The standard InChI is InChI=1S/C8H14NO2S/c1-8(2,3)11-7(10)9-4-5-12-6-9/h6H,4-5H2,1-3H3. The molecule has 1 aliphatic rings. The highest BCUT2D eigenvalue weighted by Gasteiger charge is 2.24. The first-order valence-corrected chi connectivity index (χ1v) is 4.98. The second-order valence-corrected chi connectivity index (χ2v) is 4.60. The van der Waals surface area contributed by atoms with Crippen LogP contribution in [0.2, 0.25) is 0 Å². The highest BCUT2D eigenvalue weighted by Crippen LogP contribution is 2.21. The largest absolute Gasteiger partial charge is 0.444 e. The molecular formula is C8H14NO2S. The van der Waals surface area contributed by atoms with Gasteiger partial charge in [0.15, 0.2) is 0 Å². The summed E-state index contributed by atoms with van der Waals surface area (Å²) in [4.78, 5) is 12.9. The number of thioether (sulfide) groups is 1. The summed E-state index contributed by atoms with van der Waals surface area (Å²) in [5.41, 5.74) is -0.391. The van der Waals surface area contributed by atoms with Gasteiger partial charge in [0.25, 0.3) is 0 Å². The number of carbonyl (C=O) groups excluding carboxylic acids is 1. The summed E-state index contributed by atoms with van der Waals surface area (Å²) in [6, 6.07) is 0. The summed E-state index contributed by atoms with van der Waals surface area (Å²) in [6.45, 7) is 6.37. The normalized spacial score (nSPS) is 18.1. The molecule has 69 valence electrons. The molecule has 0 saturated carbocycles. The topological polar surface area (TPSA) is 29.5 Å². The lowest BCUT2D eigenvalue weighted by Gasteiger charge is -2.23. The smallest absolute Gasteiger partial charge is 0.411 e. The number of hydrogen-bond donors (Lipinski definition) is 0. The van der Waals surface area contributed by atoms with E-state index in [2.05, 4.69) is 0 Å². The first-order chi connectivity index (χ1) is 5.49. The molecule has 1 amide bonds. The average molecular weight is 188 g/mol. The van der Waals surface area contributed by atoms with Crippen LogP contribution in [0.5, 0.6) is 0 Å². The lowest BCUT2D eigenvalue weighted by molar-refractivity contribution is 0.0339. The number of rotatable bonds is 0. The molecule has 0 bridgehead atoms. The molecule has 0 spiro atoms. The van der Waals surface area contributed by atoms with E-state index in [-0.39, 0.29) is 6.09 Å². The van der Waals surface area contributed by atoms with Crippen molar-refractivity contribution >= 4 is 17.9 Å². The minimum atomic E-state index is -0.391. The van der Waals surface area contributed by atoms with Gasteiger partial charge in [-0.15, -0.1) is 11.8 Å². The summed E-state index contributed by atoms with van der Waals surface area (Å²) in [7, 11) is 0. The van der Waals surface area contributed by atoms with Crippen LogP contribution in [-0.4, -0.2) is 28.9 Å². The Morgan fingerprint density at radius 1 is 1.58 bits per heavy atom. The van der Waals surface area contributed by atoms with Crippen LogP contribution in [0, 0.1) is 5.88 Å². The van der Waals surface area contributed by atoms with E-state index in [9.17, 15) is 4.79 Å². The van der Waals surface area contributed by atoms with Gasteiger partial charge in [-0.25, -0.2) is 4.79 Å². The maximum Gasteiger partial charge on any atom is 0.411 e. The Hall–Kier alpha value is -0.380. The van der Waals surface area contributed by atoms with Gasteiger partial charge in [-0.1, -0.05) is 0 Å². The predicted molar refractivity (Wildman–Crippen MR) is 49.7 cm³/mol. The molecule has 1 aliphatic heterocycles. The summed E-state index contributed by atoms with van der Waals surface area (Å²) >= 11 is 1.64. The summed E-state index contributed by atoms with van der Waals surface area (Å²) < 4.78 is 5.16. The highest BCUT2D eigenvalue weighted by atomic mass is 32.2. The van der Waals surface area contributed by atoms with Gasteiger partial charge in [-0.2, -0.15) is 0 Å². The maximum atomic E-state index is 11.3. The monoisotopic (exact) mass is 188 g/mol. The Kier molecular flexibility index (Phi) is 2.88. The van der Waals surface area contributed by atoms with E-state index in [0.717, 1.165) is 12.3 Å².